The number of nitrogens with zero attached hydrogens (tertiary/aromatic N) is 2. The molecule has 0 unspecified atom stereocenters. The molecule has 3 fully saturated rings. The van der Waals surface area contributed by atoms with E-state index in [1.165, 1.54) is 17.7 Å². The Labute approximate surface area is 141 Å². The number of carbonyl (C=O) groups excluding carboxylic acids is 1. The van der Waals surface area contributed by atoms with E-state index in [4.69, 9.17) is 4.74 Å². The maximum Gasteiger partial charge on any atom is 0.249 e. The van der Waals surface area contributed by atoms with Gasteiger partial charge >= 0.3 is 0 Å². The second-order valence-electron chi connectivity index (χ2n) is 7.23. The predicted octanol–water partition coefficient (Wildman–Crippen LogP) is 1.96. The van der Waals surface area contributed by atoms with Gasteiger partial charge in [-0.05, 0) is 51.0 Å². The largest absolute Gasteiger partial charge is 0.364 e. The van der Waals surface area contributed by atoms with Gasteiger partial charge in [-0.1, -0.05) is 0 Å². The number of likely N-dealkylation sites (tertiary alicyclic amines) is 1. The number of thiazole rings is 1. The topological polar surface area (TPSA) is 54.5 Å². The number of aromatic nitrogens is 1. The Bertz CT molecular complexity index is 572. The molecular formula is C17H25N3O2S. The van der Waals surface area contributed by atoms with E-state index in [9.17, 15) is 4.79 Å². The molecule has 1 saturated carbocycles. The molecule has 2 saturated heterocycles. The normalized spacial score (nSPS) is 31.1. The molecule has 1 N–H and O–H groups in total. The minimum atomic E-state index is -0.228. The van der Waals surface area contributed by atoms with E-state index in [-0.39, 0.29) is 18.1 Å². The Morgan fingerprint density at radius 1 is 1.48 bits per heavy atom. The van der Waals surface area contributed by atoms with E-state index in [1.54, 1.807) is 11.3 Å². The number of hydrogen-bond acceptors (Lipinski definition) is 5. The summed E-state index contributed by atoms with van der Waals surface area (Å²) in [4.78, 5) is 20.4. The van der Waals surface area contributed by atoms with E-state index < -0.39 is 0 Å². The predicted molar refractivity (Wildman–Crippen MR) is 89.2 cm³/mol. The highest BCUT2D eigenvalue weighted by Crippen LogP contribution is 2.34. The summed E-state index contributed by atoms with van der Waals surface area (Å²) in [5.41, 5.74) is 3.06. The maximum absolute atomic E-state index is 12.2. The van der Waals surface area contributed by atoms with Gasteiger partial charge in [-0.2, -0.15) is 0 Å². The van der Waals surface area contributed by atoms with Crippen molar-refractivity contribution in [2.24, 2.45) is 11.8 Å². The number of amides is 1. The van der Waals surface area contributed by atoms with Crippen molar-refractivity contribution in [3.8, 4) is 0 Å². The fourth-order valence-electron chi connectivity index (χ4n) is 3.67. The summed E-state index contributed by atoms with van der Waals surface area (Å²) in [6, 6.07) is 0. The minimum Gasteiger partial charge on any atom is -0.364 e. The van der Waals surface area contributed by atoms with Crippen LogP contribution in [-0.4, -0.2) is 47.6 Å². The molecule has 2 aliphatic heterocycles. The van der Waals surface area contributed by atoms with Gasteiger partial charge in [0.2, 0.25) is 5.91 Å². The lowest BCUT2D eigenvalue weighted by Gasteiger charge is -2.33. The standard InChI is InChI=1S/C17H25N3O2S/c1-11-16(23-10-19-11)9-20-5-4-13-6-14(22-15(13)8-20)17(21)18-7-12-2-3-12/h10,12-15H,2-9H2,1H3,(H,18,21)/t13-,14+,15+/m1/s1. The molecule has 23 heavy (non-hydrogen) atoms. The van der Waals surface area contributed by atoms with E-state index in [2.05, 4.69) is 22.1 Å². The zero-order chi connectivity index (χ0) is 15.8. The summed E-state index contributed by atoms with van der Waals surface area (Å²) in [6.45, 7) is 5.91. The van der Waals surface area contributed by atoms with Crippen LogP contribution in [0.5, 0.6) is 0 Å². The highest BCUT2D eigenvalue weighted by molar-refractivity contribution is 7.09. The number of ether oxygens (including phenoxy) is 1. The van der Waals surface area contributed by atoms with Crippen molar-refractivity contribution in [1.82, 2.24) is 15.2 Å². The fraction of sp³-hybridized carbons (Fsp3) is 0.765. The fourth-order valence-corrected chi connectivity index (χ4v) is 4.49. The molecule has 1 aromatic rings. The maximum atomic E-state index is 12.2. The summed E-state index contributed by atoms with van der Waals surface area (Å²) in [6.07, 6.45) is 4.55. The van der Waals surface area contributed by atoms with Crippen LogP contribution in [0, 0.1) is 18.8 Å². The molecule has 3 heterocycles. The molecule has 3 aliphatic rings. The molecule has 0 spiro atoms. The number of rotatable bonds is 5. The van der Waals surface area contributed by atoms with Gasteiger partial charge in [0.1, 0.15) is 6.10 Å². The highest BCUT2D eigenvalue weighted by Gasteiger charge is 2.42. The van der Waals surface area contributed by atoms with Crippen molar-refractivity contribution in [2.75, 3.05) is 19.6 Å². The molecule has 0 aromatic carbocycles. The van der Waals surface area contributed by atoms with Gasteiger partial charge in [-0.25, -0.2) is 4.98 Å². The van der Waals surface area contributed by atoms with Crippen LogP contribution in [0.15, 0.2) is 5.51 Å². The zero-order valence-corrected chi connectivity index (χ0v) is 14.5. The summed E-state index contributed by atoms with van der Waals surface area (Å²) >= 11 is 1.73. The van der Waals surface area contributed by atoms with Crippen molar-refractivity contribution in [3.63, 3.8) is 0 Å². The first-order valence-corrected chi connectivity index (χ1v) is 9.61. The summed E-state index contributed by atoms with van der Waals surface area (Å²) in [7, 11) is 0. The van der Waals surface area contributed by atoms with Gasteiger partial charge in [0, 0.05) is 24.5 Å². The van der Waals surface area contributed by atoms with Crippen LogP contribution in [0.1, 0.15) is 36.3 Å². The Morgan fingerprint density at radius 2 is 2.35 bits per heavy atom. The molecule has 1 aromatic heterocycles. The van der Waals surface area contributed by atoms with Crippen LogP contribution < -0.4 is 5.32 Å². The Balaban J connectivity index is 1.29. The lowest BCUT2D eigenvalue weighted by molar-refractivity contribution is -0.132. The lowest BCUT2D eigenvalue weighted by atomic mass is 9.91. The smallest absolute Gasteiger partial charge is 0.249 e. The molecule has 0 radical (unpaired) electrons. The number of aryl methyl sites for hydroxylation is 1. The van der Waals surface area contributed by atoms with E-state index in [0.29, 0.717) is 5.92 Å². The van der Waals surface area contributed by atoms with E-state index in [1.807, 2.05) is 5.51 Å². The molecular weight excluding hydrogens is 310 g/mol. The van der Waals surface area contributed by atoms with Gasteiger partial charge in [0.25, 0.3) is 0 Å². The summed E-state index contributed by atoms with van der Waals surface area (Å²) in [5, 5.41) is 3.07. The SMILES string of the molecule is Cc1ncsc1CN1CC[C@@H]2C[C@@H](C(=O)NCC3CC3)O[C@H]2C1. The average molecular weight is 335 g/mol. The van der Waals surface area contributed by atoms with Gasteiger partial charge in [0.05, 0.1) is 17.3 Å². The van der Waals surface area contributed by atoms with E-state index >= 15 is 0 Å². The van der Waals surface area contributed by atoms with Crippen LogP contribution in [0.4, 0.5) is 0 Å². The number of fused-ring (bicyclic) bond motifs is 1. The third-order valence-electron chi connectivity index (χ3n) is 5.40. The van der Waals surface area contributed by atoms with Crippen molar-refractivity contribution >= 4 is 17.2 Å². The summed E-state index contributed by atoms with van der Waals surface area (Å²) in [5.74, 6) is 1.38. The minimum absolute atomic E-state index is 0.108. The Hall–Kier alpha value is -0.980. The van der Waals surface area contributed by atoms with E-state index in [0.717, 1.165) is 50.6 Å². The van der Waals surface area contributed by atoms with Gasteiger partial charge in [-0.15, -0.1) is 11.3 Å². The van der Waals surface area contributed by atoms with Gasteiger partial charge < -0.3 is 10.1 Å². The summed E-state index contributed by atoms with van der Waals surface area (Å²) < 4.78 is 6.09. The average Bonchev–Trinajstić information content (AvgIpc) is 3.15. The van der Waals surface area contributed by atoms with Crippen LogP contribution in [0.25, 0.3) is 0 Å². The second kappa shape index (κ2) is 6.49. The van der Waals surface area contributed by atoms with Gasteiger partial charge in [0.15, 0.2) is 0 Å². The third kappa shape index (κ3) is 3.59. The van der Waals surface area contributed by atoms with Crippen molar-refractivity contribution < 1.29 is 9.53 Å². The molecule has 1 amide bonds. The number of nitrogens with one attached hydrogen (secondary N) is 1. The number of carbonyl (C=O) groups is 1. The molecule has 126 valence electrons. The molecule has 3 atom stereocenters. The van der Waals surface area contributed by atoms with Crippen LogP contribution in [-0.2, 0) is 16.1 Å². The first-order chi connectivity index (χ1) is 11.2. The molecule has 6 heteroatoms. The molecule has 0 bridgehead atoms. The first-order valence-electron chi connectivity index (χ1n) is 8.73. The molecule has 4 rings (SSSR count). The van der Waals surface area contributed by atoms with Crippen LogP contribution in [0.3, 0.4) is 0 Å². The van der Waals surface area contributed by atoms with Crippen molar-refractivity contribution in [2.45, 2.75) is 51.4 Å². The second-order valence-corrected chi connectivity index (χ2v) is 8.17. The Morgan fingerprint density at radius 3 is 3.09 bits per heavy atom. The van der Waals surface area contributed by atoms with Crippen molar-refractivity contribution in [3.05, 3.63) is 16.1 Å². The van der Waals surface area contributed by atoms with Crippen molar-refractivity contribution in [1.29, 1.82) is 0 Å². The monoisotopic (exact) mass is 335 g/mol. The van der Waals surface area contributed by atoms with Crippen LogP contribution >= 0.6 is 11.3 Å². The van der Waals surface area contributed by atoms with Crippen LogP contribution in [0.2, 0.25) is 0 Å². The zero-order valence-electron chi connectivity index (χ0n) is 13.7. The quantitative estimate of drug-likeness (QED) is 0.894. The molecule has 1 aliphatic carbocycles. The van der Waals surface area contributed by atoms with Gasteiger partial charge in [-0.3, -0.25) is 9.69 Å². The molecule has 5 nitrogen and oxygen atoms in total. The number of hydrogen-bond donors (Lipinski definition) is 1. The lowest BCUT2D eigenvalue weighted by Crippen LogP contribution is -2.42. The highest BCUT2D eigenvalue weighted by atomic mass is 32.1. The first kappa shape index (κ1) is 15.5. The number of piperidine rings is 1. The third-order valence-corrected chi connectivity index (χ3v) is 6.32. The Kier molecular flexibility index (Phi) is 4.39.